The fourth-order valence-electron chi connectivity index (χ4n) is 4.70. The number of carbonyl (C=O) groups is 1. The van der Waals surface area contributed by atoms with Crippen LogP contribution in [-0.2, 0) is 16.1 Å². The van der Waals surface area contributed by atoms with E-state index in [1.54, 1.807) is 0 Å². The van der Waals surface area contributed by atoms with Crippen LogP contribution < -0.4 is 5.63 Å². The smallest absolute Gasteiger partial charge is 0.336 e. The number of fused-ring (bicyclic) bond motifs is 3. The highest BCUT2D eigenvalue weighted by atomic mass is 16.5. The van der Waals surface area contributed by atoms with Crippen molar-refractivity contribution in [1.29, 1.82) is 0 Å². The van der Waals surface area contributed by atoms with Gasteiger partial charge in [0.15, 0.2) is 0 Å². The molecule has 2 aliphatic carbocycles. The summed E-state index contributed by atoms with van der Waals surface area (Å²) in [6.07, 6.45) is 5.59. The topological polar surface area (TPSA) is 56.5 Å². The Kier molecular flexibility index (Phi) is 4.14. The van der Waals surface area contributed by atoms with Crippen LogP contribution in [0, 0.1) is 31.6 Å². The first kappa shape index (κ1) is 16.4. The fourth-order valence-corrected chi connectivity index (χ4v) is 4.70. The molecular formula is C21H24O4. The van der Waals surface area contributed by atoms with Gasteiger partial charge in [0.05, 0.1) is 0 Å². The number of hydrogen-bond acceptors (Lipinski definition) is 4. The lowest BCUT2D eigenvalue weighted by Crippen LogP contribution is -2.17. The van der Waals surface area contributed by atoms with Crippen LogP contribution in [0.3, 0.4) is 0 Å². The summed E-state index contributed by atoms with van der Waals surface area (Å²) in [5.41, 5.74) is 2.92. The van der Waals surface area contributed by atoms with Crippen LogP contribution in [0.2, 0.25) is 0 Å². The number of rotatable bonds is 4. The quantitative estimate of drug-likeness (QED) is 0.616. The molecule has 1 aromatic heterocycles. The summed E-state index contributed by atoms with van der Waals surface area (Å²) in [5.74, 6) is 1.89. The summed E-state index contributed by atoms with van der Waals surface area (Å²) in [5, 5.41) is 0.843. The largest absolute Gasteiger partial charge is 0.461 e. The third-order valence-corrected chi connectivity index (χ3v) is 6.22. The summed E-state index contributed by atoms with van der Waals surface area (Å²) >= 11 is 0. The average molecular weight is 340 g/mol. The van der Waals surface area contributed by atoms with Crippen molar-refractivity contribution in [3.8, 4) is 0 Å². The van der Waals surface area contributed by atoms with Gasteiger partial charge in [-0.2, -0.15) is 0 Å². The molecular weight excluding hydrogens is 316 g/mol. The van der Waals surface area contributed by atoms with Gasteiger partial charge in [-0.1, -0.05) is 18.6 Å². The van der Waals surface area contributed by atoms with Crippen molar-refractivity contribution in [2.24, 2.45) is 17.8 Å². The highest BCUT2D eigenvalue weighted by Crippen LogP contribution is 2.49. The molecule has 0 saturated heterocycles. The number of carbonyl (C=O) groups excluding carboxylic acids is 1. The highest BCUT2D eigenvalue weighted by Gasteiger charge is 2.40. The van der Waals surface area contributed by atoms with Gasteiger partial charge in [0.1, 0.15) is 12.2 Å². The molecule has 1 aromatic carbocycles. The lowest BCUT2D eigenvalue weighted by atomic mass is 9.86. The van der Waals surface area contributed by atoms with Crippen molar-refractivity contribution in [2.45, 2.75) is 52.6 Å². The summed E-state index contributed by atoms with van der Waals surface area (Å²) in [6, 6.07) is 5.36. The molecule has 1 heterocycles. The molecule has 4 nitrogen and oxygen atoms in total. The molecule has 0 amide bonds. The summed E-state index contributed by atoms with van der Waals surface area (Å²) in [6.45, 7) is 4.05. The Hall–Kier alpha value is -2.10. The normalized spacial score (nSPS) is 24.8. The molecule has 0 aliphatic heterocycles. The first-order valence-corrected chi connectivity index (χ1v) is 9.20. The zero-order chi connectivity index (χ0) is 17.6. The third-order valence-electron chi connectivity index (χ3n) is 6.22. The molecule has 2 aliphatic rings. The number of hydrogen-bond donors (Lipinski definition) is 0. The summed E-state index contributed by atoms with van der Waals surface area (Å²) in [7, 11) is 0. The number of aryl methyl sites for hydroxylation is 2. The van der Waals surface area contributed by atoms with E-state index in [1.807, 2.05) is 26.0 Å². The van der Waals surface area contributed by atoms with Gasteiger partial charge >= 0.3 is 11.6 Å². The second-order valence-corrected chi connectivity index (χ2v) is 7.77. The molecule has 25 heavy (non-hydrogen) atoms. The van der Waals surface area contributed by atoms with Gasteiger partial charge in [-0.25, -0.2) is 4.79 Å². The van der Waals surface area contributed by atoms with E-state index < -0.39 is 5.63 Å². The van der Waals surface area contributed by atoms with Crippen LogP contribution in [0.4, 0.5) is 0 Å². The van der Waals surface area contributed by atoms with E-state index in [4.69, 9.17) is 9.15 Å². The van der Waals surface area contributed by atoms with Crippen LogP contribution in [0.5, 0.6) is 0 Å². The fraction of sp³-hybridized carbons (Fsp3) is 0.524. The average Bonchev–Trinajstić information content (AvgIpc) is 3.19. The SMILES string of the molecule is Cc1ccc2c(COC(=O)C[C@@H]3C[C@H]4CC[C@@H]3C4)cc(=O)oc2c1C. The van der Waals surface area contributed by atoms with Crippen molar-refractivity contribution in [3.63, 3.8) is 0 Å². The molecule has 4 heteroatoms. The van der Waals surface area contributed by atoms with Gasteiger partial charge in [0.2, 0.25) is 0 Å². The molecule has 0 spiro atoms. The third kappa shape index (κ3) is 3.10. The van der Waals surface area contributed by atoms with Crippen LogP contribution in [0.1, 0.15) is 48.8 Å². The first-order valence-electron chi connectivity index (χ1n) is 9.20. The molecule has 0 radical (unpaired) electrons. The highest BCUT2D eigenvalue weighted by molar-refractivity contribution is 5.84. The predicted molar refractivity (Wildman–Crippen MR) is 95.3 cm³/mol. The zero-order valence-electron chi connectivity index (χ0n) is 14.8. The summed E-state index contributed by atoms with van der Waals surface area (Å²) in [4.78, 5) is 24.1. The number of benzene rings is 1. The van der Waals surface area contributed by atoms with Crippen LogP contribution >= 0.6 is 0 Å². The van der Waals surface area contributed by atoms with Gasteiger partial charge < -0.3 is 9.15 Å². The van der Waals surface area contributed by atoms with Crippen LogP contribution in [0.25, 0.3) is 11.0 Å². The minimum atomic E-state index is -0.402. The maximum absolute atomic E-state index is 12.3. The maximum Gasteiger partial charge on any atom is 0.336 e. The number of esters is 1. The maximum atomic E-state index is 12.3. The van der Waals surface area contributed by atoms with E-state index in [1.165, 1.54) is 31.7 Å². The standard InChI is InChI=1S/C21H24O4/c1-12-3-6-18-17(10-20(23)25-21(18)13(12)2)11-24-19(22)9-16-8-14-4-5-15(16)7-14/h3,6,10,14-16H,4-5,7-9,11H2,1-2H3/t14-,15+,16-/m0/s1. The Labute approximate surface area is 147 Å². The molecule has 2 aromatic rings. The molecule has 3 atom stereocenters. The molecule has 2 saturated carbocycles. The van der Waals surface area contributed by atoms with E-state index in [2.05, 4.69) is 0 Å². The Morgan fingerprint density at radius 2 is 2.08 bits per heavy atom. The van der Waals surface area contributed by atoms with Gasteiger partial charge in [0, 0.05) is 23.4 Å². The molecule has 2 bridgehead atoms. The van der Waals surface area contributed by atoms with E-state index >= 15 is 0 Å². The molecule has 2 fully saturated rings. The first-order chi connectivity index (χ1) is 12.0. The Balaban J connectivity index is 1.48. The minimum absolute atomic E-state index is 0.129. The second kappa shape index (κ2) is 6.32. The second-order valence-electron chi connectivity index (χ2n) is 7.77. The zero-order valence-corrected chi connectivity index (χ0v) is 14.8. The molecule has 0 N–H and O–H groups in total. The van der Waals surface area contributed by atoms with Crippen LogP contribution in [0.15, 0.2) is 27.4 Å². The van der Waals surface area contributed by atoms with Gasteiger partial charge in [-0.05, 0) is 62.0 Å². The van der Waals surface area contributed by atoms with Gasteiger partial charge in [-0.3, -0.25) is 4.79 Å². The minimum Gasteiger partial charge on any atom is -0.461 e. The van der Waals surface area contributed by atoms with Crippen molar-refractivity contribution in [1.82, 2.24) is 0 Å². The van der Waals surface area contributed by atoms with Gasteiger partial charge in [-0.15, -0.1) is 0 Å². The monoisotopic (exact) mass is 340 g/mol. The van der Waals surface area contributed by atoms with Crippen molar-refractivity contribution >= 4 is 16.9 Å². The molecule has 132 valence electrons. The van der Waals surface area contributed by atoms with Crippen molar-refractivity contribution in [3.05, 3.63) is 45.3 Å². The summed E-state index contributed by atoms with van der Waals surface area (Å²) < 4.78 is 10.9. The van der Waals surface area contributed by atoms with Crippen LogP contribution in [-0.4, -0.2) is 5.97 Å². The van der Waals surface area contributed by atoms with Crippen molar-refractivity contribution in [2.75, 3.05) is 0 Å². The van der Waals surface area contributed by atoms with Crippen molar-refractivity contribution < 1.29 is 13.9 Å². The molecule has 4 rings (SSSR count). The van der Waals surface area contributed by atoms with Gasteiger partial charge in [0.25, 0.3) is 0 Å². The Morgan fingerprint density at radius 1 is 1.24 bits per heavy atom. The van der Waals surface area contributed by atoms with E-state index in [0.717, 1.165) is 28.0 Å². The van der Waals surface area contributed by atoms with E-state index in [9.17, 15) is 9.59 Å². The Morgan fingerprint density at radius 3 is 2.80 bits per heavy atom. The Bertz CT molecular complexity index is 879. The predicted octanol–water partition coefficient (Wildman–Crippen LogP) is 4.28. The number of ether oxygens (including phenoxy) is 1. The lowest BCUT2D eigenvalue weighted by Gasteiger charge is -2.20. The van der Waals surface area contributed by atoms with E-state index in [-0.39, 0.29) is 12.6 Å². The van der Waals surface area contributed by atoms with E-state index in [0.29, 0.717) is 23.8 Å². The lowest BCUT2D eigenvalue weighted by molar-refractivity contribution is -0.146. The molecule has 0 unspecified atom stereocenters.